The molecule has 0 fully saturated rings. The van der Waals surface area contributed by atoms with Gasteiger partial charge < -0.3 is 0 Å². The lowest BCUT2D eigenvalue weighted by atomic mass is 10.2. The number of hydrogen-bond acceptors (Lipinski definition) is 1. The molecule has 0 saturated carbocycles. The van der Waals surface area contributed by atoms with Crippen LogP contribution in [0.2, 0.25) is 5.02 Å². The maximum Gasteiger partial charge on any atom is 0.127 e. The number of nitrogens with zero attached hydrogens (tertiary/aromatic N) is 1. The summed E-state index contributed by atoms with van der Waals surface area (Å²) >= 11 is 11.3. The van der Waals surface area contributed by atoms with Crippen LogP contribution < -0.4 is 0 Å². The molecule has 15 heavy (non-hydrogen) atoms. The van der Waals surface area contributed by atoms with E-state index in [1.165, 1.54) is 0 Å². The van der Waals surface area contributed by atoms with Gasteiger partial charge in [-0.1, -0.05) is 29.9 Å². The number of rotatable bonds is 1. The number of aromatic nitrogens is 2. The maximum atomic E-state index is 6.06. The molecule has 78 valence electrons. The second-order valence-electron chi connectivity index (χ2n) is 3.55. The molecule has 0 aliphatic heterocycles. The van der Waals surface area contributed by atoms with E-state index in [1.807, 2.05) is 42.8 Å². The van der Waals surface area contributed by atoms with Gasteiger partial charge in [0.2, 0.25) is 0 Å². The summed E-state index contributed by atoms with van der Waals surface area (Å²) in [5, 5.41) is 3.91. The molecule has 1 aromatic heterocycles. The molecule has 4 heteroatoms. The molecule has 2 rings (SSSR count). The van der Waals surface area contributed by atoms with Gasteiger partial charge in [0.15, 0.2) is 0 Å². The van der Waals surface area contributed by atoms with Crippen molar-refractivity contribution in [1.29, 1.82) is 0 Å². The van der Waals surface area contributed by atoms with Gasteiger partial charge in [-0.15, -0.1) is 0 Å². The van der Waals surface area contributed by atoms with Crippen LogP contribution in [0.15, 0.2) is 24.3 Å². The Hall–Kier alpha value is -1.06. The summed E-state index contributed by atoms with van der Waals surface area (Å²) in [5.41, 5.74) is 3.07. The van der Waals surface area contributed by atoms with Crippen LogP contribution in [0.4, 0.5) is 0 Å². The fourth-order valence-corrected chi connectivity index (χ4v) is 1.93. The molecule has 0 radical (unpaired) electrons. The zero-order chi connectivity index (χ0) is 11.0. The van der Waals surface area contributed by atoms with E-state index in [-0.39, 0.29) is 0 Å². The predicted octanol–water partition coefficient (Wildman–Crippen LogP) is 3.81. The van der Waals surface area contributed by atoms with Gasteiger partial charge in [-0.25, -0.2) is 4.68 Å². The first-order valence-electron chi connectivity index (χ1n) is 4.63. The van der Waals surface area contributed by atoms with Gasteiger partial charge in [0, 0.05) is 10.7 Å². The lowest BCUT2D eigenvalue weighted by Gasteiger charge is -2.05. The number of nitrogens with one attached hydrogen (secondary N) is 1. The lowest BCUT2D eigenvalue weighted by Crippen LogP contribution is -1.96. The minimum Gasteiger partial charge on any atom is -0.297 e. The molecule has 2 aromatic rings. The summed E-state index contributed by atoms with van der Waals surface area (Å²) in [7, 11) is 0. The summed E-state index contributed by atoms with van der Waals surface area (Å²) in [4.78, 5) is 0. The SMILES string of the molecule is Cc1cc(=S)n(-c2ccc(C)c(Cl)c2)[nH]1. The third kappa shape index (κ3) is 1.98. The molecule has 0 bridgehead atoms. The molecule has 0 saturated heterocycles. The molecule has 0 amide bonds. The summed E-state index contributed by atoms with van der Waals surface area (Å²) in [5.74, 6) is 0. The fourth-order valence-electron chi connectivity index (χ4n) is 1.43. The summed E-state index contributed by atoms with van der Waals surface area (Å²) in [6.45, 7) is 3.95. The Morgan fingerprint density at radius 1 is 1.27 bits per heavy atom. The summed E-state index contributed by atoms with van der Waals surface area (Å²) < 4.78 is 2.60. The van der Waals surface area contributed by atoms with Crippen LogP contribution in [0.1, 0.15) is 11.3 Å². The average Bonchev–Trinajstić information content (AvgIpc) is 2.50. The normalized spacial score (nSPS) is 10.6. The van der Waals surface area contributed by atoms with Gasteiger partial charge in [-0.3, -0.25) is 5.10 Å². The van der Waals surface area contributed by atoms with Gasteiger partial charge >= 0.3 is 0 Å². The number of benzene rings is 1. The van der Waals surface area contributed by atoms with Crippen molar-refractivity contribution in [3.63, 3.8) is 0 Å². The van der Waals surface area contributed by atoms with Crippen molar-refractivity contribution in [1.82, 2.24) is 9.78 Å². The van der Waals surface area contributed by atoms with Gasteiger partial charge in [0.25, 0.3) is 0 Å². The van der Waals surface area contributed by atoms with Gasteiger partial charge in [0.05, 0.1) is 5.69 Å². The van der Waals surface area contributed by atoms with E-state index in [0.29, 0.717) is 0 Å². The highest BCUT2D eigenvalue weighted by atomic mass is 35.5. The summed E-state index contributed by atoms with van der Waals surface area (Å²) in [6.07, 6.45) is 0. The maximum absolute atomic E-state index is 6.06. The topological polar surface area (TPSA) is 20.7 Å². The zero-order valence-corrected chi connectivity index (χ0v) is 10.1. The Balaban J connectivity index is 2.59. The van der Waals surface area contributed by atoms with E-state index in [1.54, 1.807) is 0 Å². The molecule has 1 aromatic carbocycles. The minimum atomic E-state index is 0.752. The molecular formula is C11H11ClN2S. The van der Waals surface area contributed by atoms with Crippen LogP contribution in [0, 0.1) is 18.5 Å². The number of halogens is 1. The van der Waals surface area contributed by atoms with Crippen LogP contribution in [-0.2, 0) is 0 Å². The molecule has 2 nitrogen and oxygen atoms in total. The van der Waals surface area contributed by atoms with E-state index >= 15 is 0 Å². The quantitative estimate of drug-likeness (QED) is 0.750. The lowest BCUT2D eigenvalue weighted by molar-refractivity contribution is 0.852. The smallest absolute Gasteiger partial charge is 0.127 e. The van der Waals surface area contributed by atoms with E-state index in [0.717, 1.165) is 26.6 Å². The first-order chi connectivity index (χ1) is 7.08. The Morgan fingerprint density at radius 2 is 2.00 bits per heavy atom. The summed E-state index contributed by atoms with van der Waals surface area (Å²) in [6, 6.07) is 7.80. The number of H-pyrrole nitrogens is 1. The highest BCUT2D eigenvalue weighted by Crippen LogP contribution is 2.19. The number of hydrogen-bond donors (Lipinski definition) is 1. The second kappa shape index (κ2) is 3.83. The Morgan fingerprint density at radius 3 is 2.53 bits per heavy atom. The van der Waals surface area contributed by atoms with Crippen molar-refractivity contribution in [2.24, 2.45) is 0 Å². The van der Waals surface area contributed by atoms with Crippen molar-refractivity contribution in [2.45, 2.75) is 13.8 Å². The Labute approximate surface area is 98.5 Å². The Kier molecular flexibility index (Phi) is 2.67. The molecule has 1 heterocycles. The number of aromatic amines is 1. The largest absolute Gasteiger partial charge is 0.297 e. The molecule has 0 aliphatic carbocycles. The molecule has 1 N–H and O–H groups in total. The van der Waals surface area contributed by atoms with Gasteiger partial charge in [0.1, 0.15) is 4.64 Å². The first kappa shape index (κ1) is 10.5. The predicted molar refractivity (Wildman–Crippen MR) is 65.4 cm³/mol. The van der Waals surface area contributed by atoms with Crippen LogP contribution in [0.5, 0.6) is 0 Å². The molecule has 0 unspecified atom stereocenters. The van der Waals surface area contributed by atoms with Crippen LogP contribution >= 0.6 is 23.8 Å². The minimum absolute atomic E-state index is 0.752. The monoisotopic (exact) mass is 238 g/mol. The van der Waals surface area contributed by atoms with E-state index in [4.69, 9.17) is 23.8 Å². The molecule has 0 aliphatic rings. The van der Waals surface area contributed by atoms with Crippen LogP contribution in [0.3, 0.4) is 0 Å². The van der Waals surface area contributed by atoms with Crippen molar-refractivity contribution in [3.8, 4) is 5.69 Å². The molecule has 0 atom stereocenters. The third-order valence-electron chi connectivity index (χ3n) is 2.26. The number of aryl methyl sites for hydroxylation is 2. The van der Waals surface area contributed by atoms with Crippen molar-refractivity contribution in [3.05, 3.63) is 45.2 Å². The van der Waals surface area contributed by atoms with Crippen LogP contribution in [-0.4, -0.2) is 9.78 Å². The standard InChI is InChI=1S/C11H11ClN2S/c1-7-3-4-9(6-10(7)12)14-11(15)5-8(2)13-14/h3-6,13H,1-2H3. The van der Waals surface area contributed by atoms with E-state index in [2.05, 4.69) is 5.10 Å². The highest BCUT2D eigenvalue weighted by molar-refractivity contribution is 7.71. The zero-order valence-electron chi connectivity index (χ0n) is 8.54. The highest BCUT2D eigenvalue weighted by Gasteiger charge is 2.02. The molecule has 0 spiro atoms. The van der Waals surface area contributed by atoms with E-state index in [9.17, 15) is 0 Å². The Bertz CT molecular complexity index is 554. The van der Waals surface area contributed by atoms with Crippen molar-refractivity contribution >= 4 is 23.8 Å². The first-order valence-corrected chi connectivity index (χ1v) is 5.42. The van der Waals surface area contributed by atoms with Crippen molar-refractivity contribution in [2.75, 3.05) is 0 Å². The van der Waals surface area contributed by atoms with Gasteiger partial charge in [-0.05, 0) is 37.6 Å². The third-order valence-corrected chi connectivity index (χ3v) is 2.97. The van der Waals surface area contributed by atoms with Gasteiger partial charge in [-0.2, -0.15) is 0 Å². The second-order valence-corrected chi connectivity index (χ2v) is 4.37. The van der Waals surface area contributed by atoms with E-state index < -0.39 is 0 Å². The molecular weight excluding hydrogens is 228 g/mol. The average molecular weight is 239 g/mol. The van der Waals surface area contributed by atoms with Crippen LogP contribution in [0.25, 0.3) is 5.69 Å². The fraction of sp³-hybridized carbons (Fsp3) is 0.182. The van der Waals surface area contributed by atoms with Crippen molar-refractivity contribution < 1.29 is 0 Å².